The molecule has 1 aromatic rings. The summed E-state index contributed by atoms with van der Waals surface area (Å²) in [5.74, 6) is 0.490. The topological polar surface area (TPSA) is 35.6 Å². The smallest absolute Gasteiger partial charge is 0.226 e. The summed E-state index contributed by atoms with van der Waals surface area (Å²) < 4.78 is 0. The SMILES string of the molecule is CC(C)N1CCC(C(=O)N2CCNCC2c2cccc(Cl)c2)CC1.Cl.Cl. The zero-order chi connectivity index (χ0) is 17.1. The van der Waals surface area contributed by atoms with Crippen molar-refractivity contribution in [3.8, 4) is 0 Å². The maximum absolute atomic E-state index is 13.1. The highest BCUT2D eigenvalue weighted by Crippen LogP contribution is 2.29. The molecule has 1 unspecified atom stereocenters. The van der Waals surface area contributed by atoms with E-state index < -0.39 is 0 Å². The predicted molar refractivity (Wildman–Crippen MR) is 113 cm³/mol. The lowest BCUT2D eigenvalue weighted by Crippen LogP contribution is -2.52. The lowest BCUT2D eigenvalue weighted by Gasteiger charge is -2.41. The Hall–Kier alpha value is -0.520. The van der Waals surface area contributed by atoms with Crippen molar-refractivity contribution >= 4 is 42.3 Å². The first-order valence-electron chi connectivity index (χ1n) is 9.07. The molecule has 4 nitrogen and oxygen atoms in total. The Morgan fingerprint density at radius 1 is 1.19 bits per heavy atom. The van der Waals surface area contributed by atoms with Crippen LogP contribution in [-0.2, 0) is 4.79 Å². The molecule has 148 valence electrons. The summed E-state index contributed by atoms with van der Waals surface area (Å²) in [7, 11) is 0. The number of hydrogen-bond donors (Lipinski definition) is 1. The Morgan fingerprint density at radius 2 is 1.88 bits per heavy atom. The summed E-state index contributed by atoms with van der Waals surface area (Å²) in [5, 5.41) is 4.15. The van der Waals surface area contributed by atoms with Crippen molar-refractivity contribution in [3.05, 3.63) is 34.9 Å². The van der Waals surface area contributed by atoms with E-state index in [1.165, 1.54) is 0 Å². The molecule has 1 amide bonds. The van der Waals surface area contributed by atoms with Gasteiger partial charge in [-0.2, -0.15) is 0 Å². The lowest BCUT2D eigenvalue weighted by molar-refractivity contribution is -0.140. The van der Waals surface area contributed by atoms with Gasteiger partial charge in [0.15, 0.2) is 0 Å². The molecule has 0 bridgehead atoms. The molecule has 1 N–H and O–H groups in total. The molecule has 2 saturated heterocycles. The van der Waals surface area contributed by atoms with E-state index >= 15 is 0 Å². The Kier molecular flexibility index (Phi) is 9.70. The largest absolute Gasteiger partial charge is 0.333 e. The van der Waals surface area contributed by atoms with Crippen LogP contribution in [0.3, 0.4) is 0 Å². The van der Waals surface area contributed by atoms with Crippen molar-refractivity contribution in [2.75, 3.05) is 32.7 Å². The van der Waals surface area contributed by atoms with Crippen LogP contribution in [-0.4, -0.2) is 54.5 Å². The number of nitrogens with one attached hydrogen (secondary N) is 1. The van der Waals surface area contributed by atoms with Crippen molar-refractivity contribution in [2.24, 2.45) is 5.92 Å². The summed E-state index contributed by atoms with van der Waals surface area (Å²) in [6.45, 7) is 8.97. The number of carbonyl (C=O) groups is 1. The number of likely N-dealkylation sites (tertiary alicyclic amines) is 1. The molecule has 0 aliphatic carbocycles. The minimum Gasteiger partial charge on any atom is -0.333 e. The monoisotopic (exact) mass is 421 g/mol. The summed E-state index contributed by atoms with van der Waals surface area (Å²) >= 11 is 6.16. The normalized spacial score (nSPS) is 21.8. The molecule has 2 heterocycles. The molecule has 1 atom stereocenters. The molecular weight excluding hydrogens is 393 g/mol. The van der Waals surface area contributed by atoms with Crippen molar-refractivity contribution in [3.63, 3.8) is 0 Å². The first-order chi connectivity index (χ1) is 11.6. The summed E-state index contributed by atoms with van der Waals surface area (Å²) in [6.07, 6.45) is 1.95. The van der Waals surface area contributed by atoms with Gasteiger partial charge in [-0.25, -0.2) is 0 Å². The van der Waals surface area contributed by atoms with Gasteiger partial charge in [0.25, 0.3) is 0 Å². The molecule has 2 aliphatic rings. The molecule has 0 aromatic heterocycles. The standard InChI is InChI=1S/C19H28ClN3O.2ClH/c1-14(2)22-9-6-15(7-10-22)19(24)23-11-8-21-13-18(23)16-4-3-5-17(20)12-16;;/h3-5,12,14-15,18,21H,6-11,13H2,1-2H3;2*1H. The summed E-state index contributed by atoms with van der Waals surface area (Å²) in [4.78, 5) is 17.7. The van der Waals surface area contributed by atoms with Gasteiger partial charge in [-0.05, 0) is 57.5 Å². The molecule has 0 saturated carbocycles. The number of carbonyl (C=O) groups excluding carboxylic acids is 1. The zero-order valence-corrected chi connectivity index (χ0v) is 17.9. The van der Waals surface area contributed by atoms with Gasteiger partial charge in [0.1, 0.15) is 0 Å². The Morgan fingerprint density at radius 3 is 2.50 bits per heavy atom. The molecule has 2 aliphatic heterocycles. The van der Waals surface area contributed by atoms with Crippen molar-refractivity contribution in [2.45, 2.75) is 38.8 Å². The second kappa shape index (κ2) is 10.7. The molecule has 0 spiro atoms. The average Bonchev–Trinajstić information content (AvgIpc) is 2.61. The van der Waals surface area contributed by atoms with Crippen LogP contribution in [0.5, 0.6) is 0 Å². The van der Waals surface area contributed by atoms with E-state index in [2.05, 4.69) is 35.0 Å². The van der Waals surface area contributed by atoms with Crippen LogP contribution in [0.25, 0.3) is 0 Å². The van der Waals surface area contributed by atoms with Gasteiger partial charge >= 0.3 is 0 Å². The second-order valence-corrected chi connectivity index (χ2v) is 7.65. The van der Waals surface area contributed by atoms with Crippen molar-refractivity contribution in [1.29, 1.82) is 0 Å². The van der Waals surface area contributed by atoms with Gasteiger partial charge in [0, 0.05) is 36.6 Å². The van der Waals surface area contributed by atoms with Crippen LogP contribution >= 0.6 is 36.4 Å². The van der Waals surface area contributed by atoms with Crippen LogP contribution in [0.4, 0.5) is 0 Å². The van der Waals surface area contributed by atoms with E-state index in [4.69, 9.17) is 11.6 Å². The number of piperazine rings is 1. The fraction of sp³-hybridized carbons (Fsp3) is 0.632. The minimum atomic E-state index is 0. The fourth-order valence-electron chi connectivity index (χ4n) is 3.88. The van der Waals surface area contributed by atoms with Gasteiger partial charge in [0.2, 0.25) is 5.91 Å². The average molecular weight is 423 g/mol. The first-order valence-corrected chi connectivity index (χ1v) is 9.45. The zero-order valence-electron chi connectivity index (χ0n) is 15.5. The number of nitrogens with zero attached hydrogens (tertiary/aromatic N) is 2. The van der Waals surface area contributed by atoms with E-state index in [1.807, 2.05) is 18.2 Å². The molecule has 26 heavy (non-hydrogen) atoms. The predicted octanol–water partition coefficient (Wildman–Crippen LogP) is 3.78. The highest BCUT2D eigenvalue weighted by molar-refractivity contribution is 6.30. The third-order valence-corrected chi connectivity index (χ3v) is 5.60. The van der Waals surface area contributed by atoms with E-state index in [9.17, 15) is 4.79 Å². The van der Waals surface area contributed by atoms with Crippen LogP contribution in [0, 0.1) is 5.92 Å². The Bertz CT molecular complexity index is 577. The number of hydrogen-bond acceptors (Lipinski definition) is 3. The third kappa shape index (κ3) is 5.49. The van der Waals surface area contributed by atoms with E-state index in [-0.39, 0.29) is 36.8 Å². The van der Waals surface area contributed by atoms with Crippen LogP contribution in [0.1, 0.15) is 38.3 Å². The quantitative estimate of drug-likeness (QED) is 0.805. The maximum atomic E-state index is 13.1. The van der Waals surface area contributed by atoms with E-state index in [0.29, 0.717) is 11.9 Å². The number of amides is 1. The van der Waals surface area contributed by atoms with Crippen molar-refractivity contribution < 1.29 is 4.79 Å². The molecular formula is C19H30Cl3N3O. The number of piperidine rings is 1. The van der Waals surface area contributed by atoms with Crippen molar-refractivity contribution in [1.82, 2.24) is 15.1 Å². The van der Waals surface area contributed by atoms with Crippen LogP contribution in [0.15, 0.2) is 24.3 Å². The van der Waals surface area contributed by atoms with Gasteiger partial charge in [-0.15, -0.1) is 24.8 Å². The highest BCUT2D eigenvalue weighted by Gasteiger charge is 2.34. The van der Waals surface area contributed by atoms with E-state index in [0.717, 1.165) is 56.2 Å². The van der Waals surface area contributed by atoms with Gasteiger partial charge in [-0.3, -0.25) is 4.79 Å². The number of rotatable bonds is 3. The van der Waals surface area contributed by atoms with Crippen LogP contribution in [0.2, 0.25) is 5.02 Å². The maximum Gasteiger partial charge on any atom is 0.226 e. The molecule has 2 fully saturated rings. The van der Waals surface area contributed by atoms with Gasteiger partial charge in [0.05, 0.1) is 6.04 Å². The number of benzene rings is 1. The Balaban J connectivity index is 0.00000169. The first kappa shape index (κ1) is 23.5. The molecule has 1 aromatic carbocycles. The van der Waals surface area contributed by atoms with Gasteiger partial charge < -0.3 is 15.1 Å². The highest BCUT2D eigenvalue weighted by atomic mass is 35.5. The number of halogens is 3. The fourth-order valence-corrected chi connectivity index (χ4v) is 4.08. The van der Waals surface area contributed by atoms with Crippen LogP contribution < -0.4 is 5.32 Å². The molecule has 7 heteroatoms. The Labute approximate surface area is 174 Å². The molecule has 0 radical (unpaired) electrons. The van der Waals surface area contributed by atoms with Gasteiger partial charge in [-0.1, -0.05) is 23.7 Å². The second-order valence-electron chi connectivity index (χ2n) is 7.21. The molecule has 3 rings (SSSR count). The van der Waals surface area contributed by atoms with E-state index in [1.54, 1.807) is 0 Å². The summed E-state index contributed by atoms with van der Waals surface area (Å²) in [5.41, 5.74) is 1.13. The lowest BCUT2D eigenvalue weighted by atomic mass is 9.92. The summed E-state index contributed by atoms with van der Waals surface area (Å²) in [6, 6.07) is 8.57. The third-order valence-electron chi connectivity index (χ3n) is 5.37. The minimum absolute atomic E-state index is 0.